The lowest BCUT2D eigenvalue weighted by atomic mass is 9.95. The molecule has 0 bridgehead atoms. The Morgan fingerprint density at radius 2 is 1.97 bits per heavy atom. The first-order valence-electron chi connectivity index (χ1n) is 9.31. The lowest BCUT2D eigenvalue weighted by Gasteiger charge is -2.20. The van der Waals surface area contributed by atoms with Crippen LogP contribution in [0, 0.1) is 0 Å². The monoisotopic (exact) mass is 390 g/mol. The Kier molecular flexibility index (Phi) is 5.03. The highest BCUT2D eigenvalue weighted by Gasteiger charge is 2.42. The maximum Gasteiger partial charge on any atom is 0.271 e. The number of oxime groups is 1. The first kappa shape index (κ1) is 18.7. The number of nitrogens with one attached hydrogen (secondary N) is 1. The summed E-state index contributed by atoms with van der Waals surface area (Å²) in [4.78, 5) is 22.4. The van der Waals surface area contributed by atoms with Crippen LogP contribution < -0.4 is 10.1 Å². The Morgan fingerprint density at radius 3 is 2.62 bits per heavy atom. The number of benzene rings is 2. The average molecular weight is 390 g/mol. The molecular formula is C22H22N4O3. The van der Waals surface area contributed by atoms with E-state index < -0.39 is 5.60 Å². The molecule has 0 aliphatic carbocycles. The molecular weight excluding hydrogens is 368 g/mol. The van der Waals surface area contributed by atoms with E-state index in [0.717, 1.165) is 29.1 Å². The van der Waals surface area contributed by atoms with Gasteiger partial charge in [0.2, 0.25) is 5.60 Å². The molecule has 3 aromatic rings. The fraction of sp³-hybridized carbons (Fsp3) is 0.227. The minimum Gasteiger partial charge on any atom is -0.497 e. The van der Waals surface area contributed by atoms with Crippen molar-refractivity contribution in [2.75, 3.05) is 12.4 Å². The number of hydrogen-bond donors (Lipinski definition) is 1. The van der Waals surface area contributed by atoms with Crippen LogP contribution in [0.15, 0.2) is 72.4 Å². The Morgan fingerprint density at radius 1 is 1.21 bits per heavy atom. The van der Waals surface area contributed by atoms with Crippen LogP contribution >= 0.6 is 0 Å². The van der Waals surface area contributed by atoms with Gasteiger partial charge in [-0.1, -0.05) is 17.3 Å². The van der Waals surface area contributed by atoms with Crippen LogP contribution in [0.5, 0.6) is 5.75 Å². The van der Waals surface area contributed by atoms with Crippen LogP contribution in [0.3, 0.4) is 0 Å². The number of aromatic nitrogens is 2. The molecule has 148 valence electrons. The van der Waals surface area contributed by atoms with Crippen molar-refractivity contribution in [3.05, 3.63) is 78.4 Å². The van der Waals surface area contributed by atoms with Crippen LogP contribution in [-0.4, -0.2) is 33.9 Å². The largest absolute Gasteiger partial charge is 0.497 e. The third-order valence-electron chi connectivity index (χ3n) is 4.90. The van der Waals surface area contributed by atoms with E-state index in [4.69, 9.17) is 9.57 Å². The fourth-order valence-corrected chi connectivity index (χ4v) is 3.15. The zero-order valence-corrected chi connectivity index (χ0v) is 16.3. The predicted molar refractivity (Wildman–Crippen MR) is 110 cm³/mol. The van der Waals surface area contributed by atoms with E-state index in [1.165, 1.54) is 0 Å². The molecule has 1 aliphatic heterocycles. The number of ether oxygens (including phenoxy) is 1. The summed E-state index contributed by atoms with van der Waals surface area (Å²) in [6.45, 7) is 2.48. The minimum atomic E-state index is -1.05. The van der Waals surface area contributed by atoms with Gasteiger partial charge in [-0.15, -0.1) is 0 Å². The molecule has 29 heavy (non-hydrogen) atoms. The topological polar surface area (TPSA) is 77.7 Å². The van der Waals surface area contributed by atoms with Crippen LogP contribution in [0.4, 0.5) is 5.69 Å². The van der Waals surface area contributed by atoms with Crippen molar-refractivity contribution >= 4 is 17.3 Å². The smallest absolute Gasteiger partial charge is 0.271 e. The molecule has 7 nitrogen and oxygen atoms in total. The quantitative estimate of drug-likeness (QED) is 0.699. The van der Waals surface area contributed by atoms with E-state index in [-0.39, 0.29) is 5.91 Å². The predicted octanol–water partition coefficient (Wildman–Crippen LogP) is 3.46. The van der Waals surface area contributed by atoms with Crippen molar-refractivity contribution in [2.45, 2.75) is 25.5 Å². The van der Waals surface area contributed by atoms with Crippen molar-refractivity contribution < 1.29 is 14.4 Å². The average Bonchev–Trinajstić information content (AvgIpc) is 3.40. The molecule has 1 N–H and O–H groups in total. The number of carbonyl (C=O) groups excluding carboxylic acids is 1. The van der Waals surface area contributed by atoms with Crippen LogP contribution in [0.2, 0.25) is 0 Å². The van der Waals surface area contributed by atoms with E-state index in [2.05, 4.69) is 15.5 Å². The van der Waals surface area contributed by atoms with E-state index >= 15 is 0 Å². The minimum absolute atomic E-state index is 0.230. The maximum atomic E-state index is 12.8. The summed E-state index contributed by atoms with van der Waals surface area (Å²) in [6, 6.07) is 15.3. The molecule has 1 aliphatic rings. The van der Waals surface area contributed by atoms with Gasteiger partial charge in [0.25, 0.3) is 5.91 Å². The molecule has 0 saturated carbocycles. The lowest BCUT2D eigenvalue weighted by Crippen LogP contribution is -2.40. The Hall–Kier alpha value is -3.61. The van der Waals surface area contributed by atoms with E-state index in [0.29, 0.717) is 12.1 Å². The Balaban J connectivity index is 1.38. The van der Waals surface area contributed by atoms with Crippen LogP contribution in [0.1, 0.15) is 24.5 Å². The lowest BCUT2D eigenvalue weighted by molar-refractivity contribution is -0.135. The van der Waals surface area contributed by atoms with Gasteiger partial charge in [0.15, 0.2) is 0 Å². The van der Waals surface area contributed by atoms with Gasteiger partial charge in [-0.3, -0.25) is 4.79 Å². The van der Waals surface area contributed by atoms with E-state index in [9.17, 15) is 4.79 Å². The van der Waals surface area contributed by atoms with Crippen molar-refractivity contribution in [1.82, 2.24) is 9.55 Å². The van der Waals surface area contributed by atoms with Crippen molar-refractivity contribution in [1.29, 1.82) is 0 Å². The first-order chi connectivity index (χ1) is 14.1. The highest BCUT2D eigenvalue weighted by atomic mass is 16.7. The summed E-state index contributed by atoms with van der Waals surface area (Å²) in [6.07, 6.45) is 5.83. The summed E-state index contributed by atoms with van der Waals surface area (Å²) >= 11 is 0. The molecule has 0 saturated heterocycles. The molecule has 7 heteroatoms. The molecule has 0 fully saturated rings. The van der Waals surface area contributed by atoms with Gasteiger partial charge in [-0.2, -0.15) is 0 Å². The number of nitrogens with zero attached hydrogens (tertiary/aromatic N) is 3. The second-order valence-corrected chi connectivity index (χ2v) is 7.15. The third kappa shape index (κ3) is 4.13. The van der Waals surface area contributed by atoms with Crippen molar-refractivity contribution in [3.63, 3.8) is 0 Å². The molecule has 1 amide bonds. The summed E-state index contributed by atoms with van der Waals surface area (Å²) in [5.74, 6) is 0.539. The fourth-order valence-electron chi connectivity index (χ4n) is 3.15. The molecule has 0 spiro atoms. The highest BCUT2D eigenvalue weighted by molar-refractivity contribution is 6.07. The zero-order valence-electron chi connectivity index (χ0n) is 16.3. The Bertz CT molecular complexity index is 1010. The van der Waals surface area contributed by atoms with Crippen molar-refractivity contribution in [3.8, 4) is 5.75 Å². The van der Waals surface area contributed by atoms with Gasteiger partial charge in [-0.05, 0) is 54.4 Å². The van der Waals surface area contributed by atoms with E-state index in [1.807, 2.05) is 59.3 Å². The highest BCUT2D eigenvalue weighted by Crippen LogP contribution is 2.28. The van der Waals surface area contributed by atoms with Gasteiger partial charge in [0, 0.05) is 31.0 Å². The molecule has 1 aromatic heterocycles. The molecule has 1 unspecified atom stereocenters. The summed E-state index contributed by atoms with van der Waals surface area (Å²) < 4.78 is 7.16. The summed E-state index contributed by atoms with van der Waals surface area (Å²) in [5, 5.41) is 7.06. The standard InChI is InChI=1S/C22H22N4O3/c1-22(13-20(25-29-22)17-5-9-19(28-2)10-6-17)21(27)24-18-7-3-16(4-8-18)14-26-12-11-23-15-26/h3-12,15H,13-14H2,1-2H3,(H,24,27). The second-order valence-electron chi connectivity index (χ2n) is 7.15. The van der Waals surface area contributed by atoms with Crippen LogP contribution in [-0.2, 0) is 16.2 Å². The Labute approximate surface area is 169 Å². The molecule has 2 aromatic carbocycles. The number of carbonyl (C=O) groups is 1. The van der Waals surface area contributed by atoms with Gasteiger partial charge < -0.3 is 19.5 Å². The molecule has 1 atom stereocenters. The number of hydrogen-bond acceptors (Lipinski definition) is 5. The molecule has 2 heterocycles. The van der Waals surface area contributed by atoms with Gasteiger partial charge >= 0.3 is 0 Å². The number of anilines is 1. The van der Waals surface area contributed by atoms with E-state index in [1.54, 1.807) is 26.6 Å². The zero-order chi connectivity index (χ0) is 20.3. The van der Waals surface area contributed by atoms with Gasteiger partial charge in [0.1, 0.15) is 5.75 Å². The normalized spacial score (nSPS) is 18.1. The summed E-state index contributed by atoms with van der Waals surface area (Å²) in [5.41, 5.74) is 2.43. The number of imidazole rings is 1. The number of amides is 1. The summed E-state index contributed by atoms with van der Waals surface area (Å²) in [7, 11) is 1.62. The van der Waals surface area contributed by atoms with Gasteiger partial charge in [-0.25, -0.2) is 4.98 Å². The van der Waals surface area contributed by atoms with Gasteiger partial charge in [0.05, 0.1) is 19.1 Å². The van der Waals surface area contributed by atoms with Crippen molar-refractivity contribution in [2.24, 2.45) is 5.16 Å². The molecule has 0 radical (unpaired) electrons. The third-order valence-corrected chi connectivity index (χ3v) is 4.90. The van der Waals surface area contributed by atoms with Crippen LogP contribution in [0.25, 0.3) is 0 Å². The maximum absolute atomic E-state index is 12.8. The number of rotatable bonds is 6. The second kappa shape index (κ2) is 7.79. The SMILES string of the molecule is COc1ccc(C2=NOC(C)(C(=O)Nc3ccc(Cn4ccnc4)cc3)C2)cc1. The number of methoxy groups -OCH3 is 1. The first-order valence-corrected chi connectivity index (χ1v) is 9.31. The molecule has 4 rings (SSSR count).